The molecule has 0 aromatic heterocycles. The molecule has 0 saturated carbocycles. The summed E-state index contributed by atoms with van der Waals surface area (Å²) in [7, 11) is 0. The Balaban J connectivity index is 2.40. The topological polar surface area (TPSA) is 12.5 Å². The molecule has 2 saturated heterocycles. The summed E-state index contributed by atoms with van der Waals surface area (Å²) in [5.41, 5.74) is 0.871. The molecule has 2 rings (SSSR count). The quantitative estimate of drug-likeness (QED) is 0.644. The maximum atomic E-state index is 6.18. The Bertz CT molecular complexity index is 270. The smallest absolute Gasteiger partial charge is 0.0769 e. The van der Waals surface area contributed by atoms with Crippen LogP contribution in [-0.4, -0.2) is 37.2 Å². The summed E-state index contributed by atoms with van der Waals surface area (Å²) in [6.45, 7) is 18.8. The second-order valence-corrected chi connectivity index (χ2v) is 7.88. The van der Waals surface area contributed by atoms with Gasteiger partial charge in [-0.2, -0.15) is 0 Å². The van der Waals surface area contributed by atoms with E-state index in [0.717, 1.165) is 19.7 Å². The first-order chi connectivity index (χ1) is 7.68. The zero-order chi connectivity index (χ0) is 12.9. The zero-order valence-electron chi connectivity index (χ0n) is 12.5. The lowest BCUT2D eigenvalue weighted by molar-refractivity contribution is -0.211. The fourth-order valence-corrected chi connectivity index (χ4v) is 4.54. The van der Waals surface area contributed by atoms with E-state index >= 15 is 0 Å². The first-order valence-corrected chi connectivity index (χ1v) is 7.02. The highest BCUT2D eigenvalue weighted by molar-refractivity contribution is 5.07. The van der Waals surface area contributed by atoms with Gasteiger partial charge in [0.2, 0.25) is 0 Å². The van der Waals surface area contributed by atoms with Gasteiger partial charge in [0.25, 0.3) is 0 Å². The molecule has 2 fully saturated rings. The van der Waals surface area contributed by atoms with E-state index in [1.807, 2.05) is 0 Å². The van der Waals surface area contributed by atoms with Crippen molar-refractivity contribution in [2.24, 2.45) is 16.2 Å². The highest BCUT2D eigenvalue weighted by Gasteiger charge is 2.58. The van der Waals surface area contributed by atoms with Gasteiger partial charge in [-0.15, -0.1) is 0 Å². The summed E-state index contributed by atoms with van der Waals surface area (Å²) in [5, 5.41) is 0. The third-order valence-electron chi connectivity index (χ3n) is 5.20. The van der Waals surface area contributed by atoms with E-state index in [1.54, 1.807) is 0 Å². The average molecular weight is 239 g/mol. The maximum absolute atomic E-state index is 6.18. The van der Waals surface area contributed by atoms with Gasteiger partial charge in [0.15, 0.2) is 0 Å². The molecule has 2 unspecified atom stereocenters. The molecule has 0 radical (unpaired) electrons. The molecule has 2 nitrogen and oxygen atoms in total. The van der Waals surface area contributed by atoms with Crippen LogP contribution in [0.1, 0.15) is 48.0 Å². The molecule has 2 aliphatic heterocycles. The number of hydrogen-bond donors (Lipinski definition) is 0. The van der Waals surface area contributed by atoms with Crippen LogP contribution < -0.4 is 0 Å². The Labute approximate surface area is 107 Å². The molecule has 0 aliphatic carbocycles. The van der Waals surface area contributed by atoms with Gasteiger partial charge >= 0.3 is 0 Å². The van der Waals surface area contributed by atoms with Gasteiger partial charge < -0.3 is 4.74 Å². The van der Waals surface area contributed by atoms with Crippen molar-refractivity contribution >= 4 is 0 Å². The number of fused-ring (bicyclic) bond motifs is 2. The Morgan fingerprint density at radius 3 is 2.12 bits per heavy atom. The van der Waals surface area contributed by atoms with Crippen molar-refractivity contribution in [3.05, 3.63) is 0 Å². The molecule has 0 N–H and O–H groups in total. The second kappa shape index (κ2) is 3.96. The maximum Gasteiger partial charge on any atom is 0.0769 e. The number of hydrogen-bond acceptors (Lipinski definition) is 2. The first kappa shape index (κ1) is 13.4. The summed E-state index contributed by atoms with van der Waals surface area (Å²) < 4.78 is 6.18. The van der Waals surface area contributed by atoms with Gasteiger partial charge in [-0.1, -0.05) is 41.5 Å². The molecule has 17 heavy (non-hydrogen) atoms. The van der Waals surface area contributed by atoms with E-state index < -0.39 is 0 Å². The minimum Gasteiger partial charge on any atom is -0.375 e. The molecule has 2 heterocycles. The lowest BCUT2D eigenvalue weighted by atomic mass is 9.49. The average Bonchev–Trinajstić information content (AvgIpc) is 2.14. The van der Waals surface area contributed by atoms with Crippen molar-refractivity contribution in [2.75, 3.05) is 26.2 Å². The van der Waals surface area contributed by atoms with Crippen molar-refractivity contribution in [3.8, 4) is 0 Å². The minimum absolute atomic E-state index is 0.289. The normalized spacial score (nSPS) is 33.5. The molecule has 2 bridgehead atoms. The largest absolute Gasteiger partial charge is 0.375 e. The second-order valence-electron chi connectivity index (χ2n) is 7.88. The van der Waals surface area contributed by atoms with E-state index in [9.17, 15) is 0 Å². The Hall–Kier alpha value is -0.0800. The number of piperidine rings is 1. The SMILES string of the molecule is CC(C)(C)C1(C(C)(C)C)CCN2CCOC1C2. The highest BCUT2D eigenvalue weighted by Crippen LogP contribution is 2.58. The van der Waals surface area contributed by atoms with Crippen molar-refractivity contribution in [1.29, 1.82) is 0 Å². The van der Waals surface area contributed by atoms with Crippen LogP contribution in [-0.2, 0) is 4.74 Å². The van der Waals surface area contributed by atoms with Crippen LogP contribution in [0.2, 0.25) is 0 Å². The van der Waals surface area contributed by atoms with Crippen molar-refractivity contribution in [3.63, 3.8) is 0 Å². The van der Waals surface area contributed by atoms with Gasteiger partial charge in [0.05, 0.1) is 12.7 Å². The summed E-state index contributed by atoms with van der Waals surface area (Å²) in [6, 6.07) is 0. The van der Waals surface area contributed by atoms with Crippen molar-refractivity contribution in [2.45, 2.75) is 54.1 Å². The fraction of sp³-hybridized carbons (Fsp3) is 1.00. The first-order valence-electron chi connectivity index (χ1n) is 7.02. The van der Waals surface area contributed by atoms with E-state index in [0.29, 0.717) is 16.9 Å². The number of rotatable bonds is 0. The van der Waals surface area contributed by atoms with Gasteiger partial charge in [-0.25, -0.2) is 0 Å². The molecule has 100 valence electrons. The standard InChI is InChI=1S/C15H29NO/c1-13(2,3)15(14(4,5)6)7-8-16-9-10-17-12(15)11-16/h12H,7-11H2,1-6H3. The van der Waals surface area contributed by atoms with Gasteiger partial charge in [-0.05, 0) is 23.8 Å². The number of ether oxygens (including phenoxy) is 1. The van der Waals surface area contributed by atoms with E-state index in [2.05, 4.69) is 46.4 Å². The zero-order valence-corrected chi connectivity index (χ0v) is 12.5. The third kappa shape index (κ3) is 1.94. The lowest BCUT2D eigenvalue weighted by Gasteiger charge is -2.62. The molecule has 0 aromatic rings. The predicted molar refractivity (Wildman–Crippen MR) is 72.1 cm³/mol. The molecule has 0 spiro atoms. The highest BCUT2D eigenvalue weighted by atomic mass is 16.5. The van der Waals surface area contributed by atoms with E-state index in [1.165, 1.54) is 13.0 Å². The van der Waals surface area contributed by atoms with Crippen LogP contribution in [0.3, 0.4) is 0 Å². The monoisotopic (exact) mass is 239 g/mol. The van der Waals surface area contributed by atoms with Crippen LogP contribution in [0.25, 0.3) is 0 Å². The van der Waals surface area contributed by atoms with Crippen LogP contribution in [0.5, 0.6) is 0 Å². The minimum atomic E-state index is 0.289. The van der Waals surface area contributed by atoms with Crippen LogP contribution in [0, 0.1) is 16.2 Å². The summed E-state index contributed by atoms with van der Waals surface area (Å²) in [6.07, 6.45) is 1.68. The van der Waals surface area contributed by atoms with E-state index in [-0.39, 0.29) is 5.41 Å². The Morgan fingerprint density at radius 1 is 1.00 bits per heavy atom. The van der Waals surface area contributed by atoms with Crippen molar-refractivity contribution < 1.29 is 4.74 Å². The molecule has 0 aromatic carbocycles. The van der Waals surface area contributed by atoms with Crippen LogP contribution in [0.4, 0.5) is 0 Å². The van der Waals surface area contributed by atoms with Crippen LogP contribution in [0.15, 0.2) is 0 Å². The molecule has 2 heteroatoms. The Kier molecular flexibility index (Phi) is 3.11. The van der Waals surface area contributed by atoms with E-state index in [4.69, 9.17) is 4.74 Å². The summed E-state index contributed by atoms with van der Waals surface area (Å²) in [5.74, 6) is 0. The van der Waals surface area contributed by atoms with Gasteiger partial charge in [0.1, 0.15) is 0 Å². The van der Waals surface area contributed by atoms with Gasteiger partial charge in [0, 0.05) is 18.5 Å². The third-order valence-corrected chi connectivity index (χ3v) is 5.20. The fourth-order valence-electron chi connectivity index (χ4n) is 4.54. The van der Waals surface area contributed by atoms with Crippen molar-refractivity contribution in [1.82, 2.24) is 4.90 Å². The summed E-state index contributed by atoms with van der Waals surface area (Å²) >= 11 is 0. The number of nitrogens with zero attached hydrogens (tertiary/aromatic N) is 1. The van der Waals surface area contributed by atoms with Gasteiger partial charge in [-0.3, -0.25) is 4.90 Å². The number of morpholine rings is 1. The molecule has 2 aliphatic rings. The molecule has 0 amide bonds. The molecular weight excluding hydrogens is 210 g/mol. The summed E-state index contributed by atoms with van der Waals surface area (Å²) in [4.78, 5) is 2.57. The molecular formula is C15H29NO. The lowest BCUT2D eigenvalue weighted by Crippen LogP contribution is -2.65. The molecule has 2 atom stereocenters. The Morgan fingerprint density at radius 2 is 1.59 bits per heavy atom. The van der Waals surface area contributed by atoms with Crippen LogP contribution >= 0.6 is 0 Å². The predicted octanol–water partition coefficient (Wildman–Crippen LogP) is 3.17.